The molecule has 0 aliphatic heterocycles. The van der Waals surface area contributed by atoms with Crippen molar-refractivity contribution in [3.8, 4) is 0 Å². The monoisotopic (exact) mass is 310 g/mol. The molecule has 0 bridgehead atoms. The summed E-state index contributed by atoms with van der Waals surface area (Å²) in [6.45, 7) is 1.85. The van der Waals surface area contributed by atoms with Crippen LogP contribution in [0.25, 0.3) is 0 Å². The summed E-state index contributed by atoms with van der Waals surface area (Å²) < 4.78 is 0. The zero-order valence-electron chi connectivity index (χ0n) is 11.7. The predicted octanol–water partition coefficient (Wildman–Crippen LogP) is 1.25. The van der Waals surface area contributed by atoms with Gasteiger partial charge < -0.3 is 16.2 Å². The maximum atomic E-state index is 12.2. The molecule has 7 heteroatoms. The Hall–Kier alpha value is -2.02. The van der Waals surface area contributed by atoms with Gasteiger partial charge in [0, 0.05) is 4.90 Å². The molecule has 1 aromatic rings. The van der Waals surface area contributed by atoms with E-state index in [-0.39, 0.29) is 5.75 Å². The van der Waals surface area contributed by atoms with Gasteiger partial charge in [-0.15, -0.1) is 11.8 Å². The summed E-state index contributed by atoms with van der Waals surface area (Å²) in [4.78, 5) is 34.7. The van der Waals surface area contributed by atoms with E-state index in [4.69, 9.17) is 10.8 Å². The van der Waals surface area contributed by atoms with E-state index in [9.17, 15) is 14.4 Å². The van der Waals surface area contributed by atoms with E-state index in [0.717, 1.165) is 11.8 Å². The average Bonchev–Trinajstić information content (AvgIpc) is 2.44. The minimum Gasteiger partial charge on any atom is -0.480 e. The van der Waals surface area contributed by atoms with Crippen LogP contribution in [-0.2, 0) is 9.59 Å². The number of aliphatic carboxylic acids is 1. The number of carbonyl (C=O) groups is 3. The third-order valence-electron chi connectivity index (χ3n) is 2.68. The fourth-order valence-corrected chi connectivity index (χ4v) is 2.50. The molecule has 1 unspecified atom stereocenters. The summed E-state index contributed by atoms with van der Waals surface area (Å²) in [5, 5.41) is 11.6. The molecule has 1 atom stereocenters. The summed E-state index contributed by atoms with van der Waals surface area (Å²) in [5.41, 5.74) is 5.43. The van der Waals surface area contributed by atoms with Crippen molar-refractivity contribution in [1.29, 1.82) is 0 Å². The van der Waals surface area contributed by atoms with Crippen LogP contribution >= 0.6 is 11.8 Å². The van der Waals surface area contributed by atoms with Gasteiger partial charge in [0.2, 0.25) is 5.91 Å². The molecule has 2 amide bonds. The normalized spacial score (nSPS) is 11.7. The molecule has 0 aliphatic carbocycles. The van der Waals surface area contributed by atoms with Crippen molar-refractivity contribution < 1.29 is 19.5 Å². The molecule has 0 fully saturated rings. The Balaban J connectivity index is 2.86. The second-order valence-corrected chi connectivity index (χ2v) is 5.42. The lowest BCUT2D eigenvalue weighted by Crippen LogP contribution is -2.40. The van der Waals surface area contributed by atoms with Crippen LogP contribution in [0, 0.1) is 0 Å². The van der Waals surface area contributed by atoms with Gasteiger partial charge in [0.05, 0.1) is 11.3 Å². The van der Waals surface area contributed by atoms with Crippen molar-refractivity contribution in [2.24, 2.45) is 5.73 Å². The fourth-order valence-electron chi connectivity index (χ4n) is 1.71. The highest BCUT2D eigenvalue weighted by Gasteiger charge is 2.21. The smallest absolute Gasteiger partial charge is 0.326 e. The number of benzene rings is 1. The van der Waals surface area contributed by atoms with Gasteiger partial charge in [-0.2, -0.15) is 0 Å². The second-order valence-electron chi connectivity index (χ2n) is 4.40. The number of hydrogen-bond donors (Lipinski definition) is 3. The van der Waals surface area contributed by atoms with E-state index in [2.05, 4.69) is 5.32 Å². The number of thioether (sulfide) groups is 1. The molecule has 0 radical (unpaired) electrons. The third-order valence-corrected chi connectivity index (χ3v) is 3.78. The Labute approximate surface area is 127 Å². The Kier molecular flexibility index (Phi) is 6.74. The van der Waals surface area contributed by atoms with Crippen molar-refractivity contribution in [2.75, 3.05) is 5.75 Å². The van der Waals surface area contributed by atoms with Gasteiger partial charge in [-0.3, -0.25) is 9.59 Å². The molecule has 0 saturated carbocycles. The quantitative estimate of drug-likeness (QED) is 0.626. The lowest BCUT2D eigenvalue weighted by Gasteiger charge is -2.15. The van der Waals surface area contributed by atoms with Crippen molar-refractivity contribution in [2.45, 2.75) is 30.7 Å². The van der Waals surface area contributed by atoms with E-state index in [1.54, 1.807) is 24.3 Å². The van der Waals surface area contributed by atoms with Gasteiger partial charge in [0.1, 0.15) is 6.04 Å². The van der Waals surface area contributed by atoms with Gasteiger partial charge in [-0.05, 0) is 18.6 Å². The molecule has 21 heavy (non-hydrogen) atoms. The minimum atomic E-state index is -1.06. The van der Waals surface area contributed by atoms with Crippen LogP contribution in [-0.4, -0.2) is 34.7 Å². The number of primary amides is 1. The summed E-state index contributed by atoms with van der Waals surface area (Å²) >= 11 is 1.15. The first-order chi connectivity index (χ1) is 9.95. The average molecular weight is 310 g/mol. The molecule has 0 saturated heterocycles. The van der Waals surface area contributed by atoms with Gasteiger partial charge in [0.15, 0.2) is 0 Å². The second kappa shape index (κ2) is 8.31. The Morgan fingerprint density at radius 1 is 1.33 bits per heavy atom. The highest BCUT2D eigenvalue weighted by atomic mass is 32.2. The van der Waals surface area contributed by atoms with Crippen LogP contribution in [0.5, 0.6) is 0 Å². The molecule has 0 spiro atoms. The van der Waals surface area contributed by atoms with E-state index < -0.39 is 23.8 Å². The number of nitrogens with two attached hydrogens (primary N) is 1. The van der Waals surface area contributed by atoms with Crippen molar-refractivity contribution in [1.82, 2.24) is 5.32 Å². The lowest BCUT2D eigenvalue weighted by molar-refractivity contribution is -0.139. The highest BCUT2D eigenvalue weighted by molar-refractivity contribution is 8.00. The molecule has 6 nitrogen and oxygen atoms in total. The van der Waals surface area contributed by atoms with Crippen LogP contribution in [0.15, 0.2) is 29.2 Å². The lowest BCUT2D eigenvalue weighted by atomic mass is 10.1. The number of amides is 2. The standard InChI is InChI=1S/C14H18N2O4S/c1-2-5-10(14(19)20)16-13(18)9-6-3-4-7-11(9)21-8-12(15)17/h3-4,6-7,10H,2,5,8H2,1H3,(H2,15,17)(H,16,18)(H,19,20). The SMILES string of the molecule is CCCC(NC(=O)c1ccccc1SCC(N)=O)C(=O)O. The van der Waals surface area contributed by atoms with Crippen LogP contribution in [0.2, 0.25) is 0 Å². The molecular formula is C14H18N2O4S. The van der Waals surface area contributed by atoms with Gasteiger partial charge in [0.25, 0.3) is 5.91 Å². The first kappa shape index (κ1) is 17.0. The number of carbonyl (C=O) groups excluding carboxylic acids is 2. The van der Waals surface area contributed by atoms with Crippen LogP contribution in [0.3, 0.4) is 0 Å². The van der Waals surface area contributed by atoms with Crippen molar-refractivity contribution in [3.05, 3.63) is 29.8 Å². The van der Waals surface area contributed by atoms with Gasteiger partial charge in [-0.25, -0.2) is 4.79 Å². The van der Waals surface area contributed by atoms with Gasteiger partial charge >= 0.3 is 5.97 Å². The first-order valence-electron chi connectivity index (χ1n) is 6.49. The summed E-state index contributed by atoms with van der Waals surface area (Å²) in [6.07, 6.45) is 1.01. The zero-order valence-corrected chi connectivity index (χ0v) is 12.5. The molecular weight excluding hydrogens is 292 g/mol. The van der Waals surface area contributed by atoms with Crippen LogP contribution in [0.1, 0.15) is 30.1 Å². The highest BCUT2D eigenvalue weighted by Crippen LogP contribution is 2.22. The third kappa shape index (κ3) is 5.47. The molecule has 0 heterocycles. The summed E-state index contributed by atoms with van der Waals surface area (Å²) in [6, 6.07) is 5.78. The number of carboxylic acids is 1. The summed E-state index contributed by atoms with van der Waals surface area (Å²) in [5.74, 6) is -1.96. The Bertz CT molecular complexity index is 533. The maximum absolute atomic E-state index is 12.2. The Morgan fingerprint density at radius 2 is 2.00 bits per heavy atom. The number of carboxylic acid groups (broad SMARTS) is 1. The number of rotatable bonds is 8. The van der Waals surface area contributed by atoms with E-state index >= 15 is 0 Å². The molecule has 4 N–H and O–H groups in total. The fraction of sp³-hybridized carbons (Fsp3) is 0.357. The molecule has 0 aromatic heterocycles. The number of hydrogen-bond acceptors (Lipinski definition) is 4. The first-order valence-corrected chi connectivity index (χ1v) is 7.48. The molecule has 0 aliphatic rings. The van der Waals surface area contributed by atoms with E-state index in [1.807, 2.05) is 6.92 Å². The van der Waals surface area contributed by atoms with E-state index in [1.165, 1.54) is 0 Å². The molecule has 1 rings (SSSR count). The topological polar surface area (TPSA) is 109 Å². The molecule has 1 aromatic carbocycles. The largest absolute Gasteiger partial charge is 0.480 e. The van der Waals surface area contributed by atoms with Crippen LogP contribution in [0.4, 0.5) is 0 Å². The van der Waals surface area contributed by atoms with Crippen molar-refractivity contribution >= 4 is 29.5 Å². The minimum absolute atomic E-state index is 0.0572. The number of nitrogens with one attached hydrogen (secondary N) is 1. The summed E-state index contributed by atoms with van der Waals surface area (Å²) in [7, 11) is 0. The zero-order chi connectivity index (χ0) is 15.8. The van der Waals surface area contributed by atoms with Crippen molar-refractivity contribution in [3.63, 3.8) is 0 Å². The van der Waals surface area contributed by atoms with Crippen LogP contribution < -0.4 is 11.1 Å². The Morgan fingerprint density at radius 3 is 2.57 bits per heavy atom. The van der Waals surface area contributed by atoms with Gasteiger partial charge in [-0.1, -0.05) is 25.5 Å². The van der Waals surface area contributed by atoms with E-state index in [0.29, 0.717) is 23.3 Å². The predicted molar refractivity (Wildman–Crippen MR) is 80.2 cm³/mol. The maximum Gasteiger partial charge on any atom is 0.326 e. The molecule has 114 valence electrons.